The zero-order chi connectivity index (χ0) is 23.2. The van der Waals surface area contributed by atoms with Crippen LogP contribution in [0.3, 0.4) is 0 Å². The second-order valence-electron chi connectivity index (χ2n) is 7.48. The number of hydrogen-bond donors (Lipinski definition) is 1. The van der Waals surface area contributed by atoms with Crippen molar-refractivity contribution in [2.75, 3.05) is 25.6 Å². The normalized spacial score (nSPS) is 12.6. The van der Waals surface area contributed by atoms with E-state index in [9.17, 15) is 0 Å². The Morgan fingerprint density at radius 2 is 1.48 bits per heavy atom. The fourth-order valence-electron chi connectivity index (χ4n) is 3.61. The summed E-state index contributed by atoms with van der Waals surface area (Å²) in [6.07, 6.45) is 0.939. The summed E-state index contributed by atoms with van der Waals surface area (Å²) < 4.78 is 16.9. The summed E-state index contributed by atoms with van der Waals surface area (Å²) in [5.41, 5.74) is 4.78. The molecule has 1 aliphatic rings. The van der Waals surface area contributed by atoms with Crippen molar-refractivity contribution in [2.45, 2.75) is 27.2 Å². The van der Waals surface area contributed by atoms with Gasteiger partial charge in [-0.2, -0.15) is 0 Å². The van der Waals surface area contributed by atoms with E-state index in [0.29, 0.717) is 30.6 Å². The van der Waals surface area contributed by atoms with Gasteiger partial charge in [-0.05, 0) is 80.4 Å². The van der Waals surface area contributed by atoms with E-state index in [-0.39, 0.29) is 0 Å². The number of rotatable bonds is 8. The Morgan fingerprint density at radius 3 is 2.18 bits per heavy atom. The molecule has 0 amide bonds. The number of nitrogens with zero attached hydrogens (tertiary/aromatic N) is 2. The zero-order valence-electron chi connectivity index (χ0n) is 19.5. The van der Waals surface area contributed by atoms with Gasteiger partial charge in [0, 0.05) is 11.1 Å². The van der Waals surface area contributed by atoms with Crippen molar-refractivity contribution in [1.82, 2.24) is 0 Å². The van der Waals surface area contributed by atoms with Gasteiger partial charge >= 0.3 is 0 Å². The molecule has 0 spiro atoms. The summed E-state index contributed by atoms with van der Waals surface area (Å²) in [7, 11) is 1.65. The summed E-state index contributed by atoms with van der Waals surface area (Å²) >= 11 is 0. The molecular formula is C27H29N3O3. The summed E-state index contributed by atoms with van der Waals surface area (Å²) in [6, 6.07) is 19.9. The van der Waals surface area contributed by atoms with Gasteiger partial charge in [-0.15, -0.1) is 0 Å². The van der Waals surface area contributed by atoms with Crippen molar-refractivity contribution in [2.24, 2.45) is 9.98 Å². The number of fused-ring (bicyclic) bond motifs is 1. The minimum absolute atomic E-state index is 0.546. The molecule has 1 N–H and O–H groups in total. The van der Waals surface area contributed by atoms with E-state index in [0.717, 1.165) is 40.4 Å². The highest BCUT2D eigenvalue weighted by atomic mass is 16.5. The maximum atomic E-state index is 5.84. The van der Waals surface area contributed by atoms with Crippen molar-refractivity contribution in [3.8, 4) is 17.2 Å². The van der Waals surface area contributed by atoms with Crippen LogP contribution >= 0.6 is 0 Å². The zero-order valence-corrected chi connectivity index (χ0v) is 19.5. The quantitative estimate of drug-likeness (QED) is 0.463. The molecule has 33 heavy (non-hydrogen) atoms. The molecule has 1 aliphatic heterocycles. The fourth-order valence-corrected chi connectivity index (χ4v) is 3.61. The SMILES string of the molecule is CCOc1ccc(C2=NC(c3ccc(OC)cc3)=Nc3ccc(CC)cc3N2)cc1OCC. The molecule has 6 heteroatoms. The van der Waals surface area contributed by atoms with E-state index in [1.54, 1.807) is 7.11 Å². The van der Waals surface area contributed by atoms with Crippen LogP contribution in [0.5, 0.6) is 17.2 Å². The molecule has 3 aromatic rings. The van der Waals surface area contributed by atoms with E-state index >= 15 is 0 Å². The third-order valence-electron chi connectivity index (χ3n) is 5.33. The molecule has 0 atom stereocenters. The smallest absolute Gasteiger partial charge is 0.162 e. The largest absolute Gasteiger partial charge is 0.497 e. The van der Waals surface area contributed by atoms with Gasteiger partial charge in [0.1, 0.15) is 11.6 Å². The number of amidine groups is 2. The highest BCUT2D eigenvalue weighted by Gasteiger charge is 2.18. The van der Waals surface area contributed by atoms with Gasteiger partial charge in [-0.3, -0.25) is 0 Å². The Kier molecular flexibility index (Phi) is 6.93. The second-order valence-corrected chi connectivity index (χ2v) is 7.48. The van der Waals surface area contributed by atoms with Crippen LogP contribution in [0.1, 0.15) is 37.5 Å². The van der Waals surface area contributed by atoms with Crippen LogP contribution < -0.4 is 19.5 Å². The molecule has 0 aromatic heterocycles. The highest BCUT2D eigenvalue weighted by Crippen LogP contribution is 2.33. The number of benzene rings is 3. The minimum Gasteiger partial charge on any atom is -0.497 e. The number of methoxy groups -OCH3 is 1. The predicted octanol–water partition coefficient (Wildman–Crippen LogP) is 6.01. The third kappa shape index (κ3) is 5.00. The van der Waals surface area contributed by atoms with E-state index in [1.165, 1.54) is 5.56 Å². The van der Waals surface area contributed by atoms with Crippen molar-refractivity contribution in [1.29, 1.82) is 0 Å². The maximum absolute atomic E-state index is 5.84. The van der Waals surface area contributed by atoms with Crippen molar-refractivity contribution in [3.05, 3.63) is 77.4 Å². The first-order valence-corrected chi connectivity index (χ1v) is 11.3. The van der Waals surface area contributed by atoms with Gasteiger partial charge in [0.25, 0.3) is 0 Å². The lowest BCUT2D eigenvalue weighted by Crippen LogP contribution is -2.15. The lowest BCUT2D eigenvalue weighted by molar-refractivity contribution is 0.288. The van der Waals surface area contributed by atoms with Crippen LogP contribution in [0.2, 0.25) is 0 Å². The van der Waals surface area contributed by atoms with Crippen LogP contribution in [-0.2, 0) is 6.42 Å². The van der Waals surface area contributed by atoms with Gasteiger partial charge in [0.2, 0.25) is 0 Å². The molecular weight excluding hydrogens is 414 g/mol. The first kappa shape index (κ1) is 22.4. The molecule has 0 fully saturated rings. The Morgan fingerprint density at radius 1 is 0.758 bits per heavy atom. The molecule has 4 rings (SSSR count). The van der Waals surface area contributed by atoms with Crippen molar-refractivity contribution >= 4 is 23.0 Å². The molecule has 3 aromatic carbocycles. The number of anilines is 1. The molecule has 6 nitrogen and oxygen atoms in total. The first-order chi connectivity index (χ1) is 16.1. The summed E-state index contributed by atoms with van der Waals surface area (Å²) in [5, 5.41) is 3.51. The monoisotopic (exact) mass is 443 g/mol. The molecule has 0 unspecified atom stereocenters. The lowest BCUT2D eigenvalue weighted by atomic mass is 10.1. The number of aryl methyl sites for hydroxylation is 1. The Hall–Kier alpha value is -3.80. The molecule has 0 bridgehead atoms. The van der Waals surface area contributed by atoms with Crippen molar-refractivity contribution < 1.29 is 14.2 Å². The van der Waals surface area contributed by atoms with Crippen LogP contribution in [-0.4, -0.2) is 32.0 Å². The van der Waals surface area contributed by atoms with Crippen LogP contribution in [0.4, 0.5) is 11.4 Å². The third-order valence-corrected chi connectivity index (χ3v) is 5.33. The molecule has 0 saturated heterocycles. The van der Waals surface area contributed by atoms with E-state index in [4.69, 9.17) is 24.2 Å². The number of aliphatic imine (C=N–C) groups is 2. The van der Waals surface area contributed by atoms with Gasteiger partial charge in [0.15, 0.2) is 17.3 Å². The minimum atomic E-state index is 0.546. The molecule has 0 aliphatic carbocycles. The topological polar surface area (TPSA) is 64.4 Å². The summed E-state index contributed by atoms with van der Waals surface area (Å²) in [4.78, 5) is 9.83. The predicted molar refractivity (Wildman–Crippen MR) is 134 cm³/mol. The number of ether oxygens (including phenoxy) is 3. The molecule has 0 saturated carbocycles. The van der Waals surface area contributed by atoms with Crippen LogP contribution in [0.25, 0.3) is 0 Å². The lowest BCUT2D eigenvalue weighted by Gasteiger charge is -2.15. The highest BCUT2D eigenvalue weighted by molar-refractivity contribution is 6.19. The van der Waals surface area contributed by atoms with E-state index < -0.39 is 0 Å². The van der Waals surface area contributed by atoms with Gasteiger partial charge in [-0.25, -0.2) is 9.98 Å². The average Bonchev–Trinajstić information content (AvgIpc) is 3.04. The van der Waals surface area contributed by atoms with E-state index in [1.807, 2.05) is 62.4 Å². The second kappa shape index (κ2) is 10.2. The summed E-state index contributed by atoms with van der Waals surface area (Å²) in [6.45, 7) is 7.17. The van der Waals surface area contributed by atoms with Gasteiger partial charge in [-0.1, -0.05) is 13.0 Å². The van der Waals surface area contributed by atoms with Crippen LogP contribution in [0.15, 0.2) is 70.6 Å². The average molecular weight is 444 g/mol. The standard InChI is InChI=1S/C27H29N3O3/c1-5-18-8-14-22-23(16-18)29-27(20-11-15-24(32-6-2)25(17-20)33-7-3)30-26(28-22)19-9-12-21(31-4)13-10-19/h8-17H,5-7H2,1-4H3,(H,28,29,30). The van der Waals surface area contributed by atoms with Gasteiger partial charge in [0.05, 0.1) is 31.7 Å². The van der Waals surface area contributed by atoms with Gasteiger partial charge < -0.3 is 19.5 Å². The number of hydrogen-bond acceptors (Lipinski definition) is 6. The Balaban J connectivity index is 1.83. The number of nitrogens with one attached hydrogen (secondary N) is 1. The molecule has 1 heterocycles. The molecule has 0 radical (unpaired) electrons. The summed E-state index contributed by atoms with van der Waals surface area (Å²) in [5.74, 6) is 3.51. The van der Waals surface area contributed by atoms with Crippen LogP contribution in [0, 0.1) is 0 Å². The maximum Gasteiger partial charge on any atom is 0.162 e. The fraction of sp³-hybridized carbons (Fsp3) is 0.259. The Labute approximate surface area is 195 Å². The van der Waals surface area contributed by atoms with Crippen molar-refractivity contribution in [3.63, 3.8) is 0 Å². The first-order valence-electron chi connectivity index (χ1n) is 11.3. The van der Waals surface area contributed by atoms with E-state index in [2.05, 4.69) is 24.4 Å². The molecule has 170 valence electrons. The Bertz CT molecular complexity index is 1180.